The molecule has 0 atom stereocenters. The normalized spacial score (nSPS) is 13.7. The average molecular weight is 377 g/mol. The van der Waals surface area contributed by atoms with Gasteiger partial charge in [0.2, 0.25) is 0 Å². The molecule has 0 aliphatic carbocycles. The van der Waals surface area contributed by atoms with Crippen LogP contribution in [0.25, 0.3) is 33.0 Å². The molecule has 0 radical (unpaired) electrons. The SMILES string of the molecule is O=C(c1cccc2c(-c3ccccc3)ccc(-c3ccccc3)c12)N1CCCC1. The molecule has 29 heavy (non-hydrogen) atoms. The molecule has 2 nitrogen and oxygen atoms in total. The van der Waals surface area contributed by atoms with Crippen LogP contribution in [-0.4, -0.2) is 23.9 Å². The molecule has 0 N–H and O–H groups in total. The van der Waals surface area contributed by atoms with Crippen molar-refractivity contribution in [1.29, 1.82) is 0 Å². The average Bonchev–Trinajstić information content (AvgIpc) is 3.34. The Hall–Kier alpha value is -3.39. The molecule has 0 unspecified atom stereocenters. The number of likely N-dealkylation sites (tertiary alicyclic amines) is 1. The lowest BCUT2D eigenvalue weighted by Gasteiger charge is -2.19. The predicted molar refractivity (Wildman–Crippen MR) is 120 cm³/mol. The van der Waals surface area contributed by atoms with Gasteiger partial charge >= 0.3 is 0 Å². The highest BCUT2D eigenvalue weighted by Crippen LogP contribution is 2.38. The number of amides is 1. The number of hydrogen-bond donors (Lipinski definition) is 0. The summed E-state index contributed by atoms with van der Waals surface area (Å²) < 4.78 is 0. The zero-order chi connectivity index (χ0) is 19.6. The fourth-order valence-electron chi connectivity index (χ4n) is 4.40. The lowest BCUT2D eigenvalue weighted by molar-refractivity contribution is 0.0795. The lowest BCUT2D eigenvalue weighted by atomic mass is 9.89. The van der Waals surface area contributed by atoms with Crippen molar-refractivity contribution in [2.24, 2.45) is 0 Å². The second-order valence-corrected chi connectivity index (χ2v) is 7.62. The van der Waals surface area contributed by atoms with Gasteiger partial charge in [-0.15, -0.1) is 0 Å². The Bertz CT molecular complexity index is 1160. The van der Waals surface area contributed by atoms with Crippen LogP contribution < -0.4 is 0 Å². The molecule has 4 aromatic carbocycles. The maximum Gasteiger partial charge on any atom is 0.254 e. The summed E-state index contributed by atoms with van der Waals surface area (Å²) in [6.45, 7) is 1.71. The molecule has 1 saturated heterocycles. The maximum atomic E-state index is 13.4. The molecule has 4 aromatic rings. The Morgan fingerprint density at radius 2 is 1.21 bits per heavy atom. The zero-order valence-corrected chi connectivity index (χ0v) is 16.3. The summed E-state index contributed by atoms with van der Waals surface area (Å²) in [4.78, 5) is 15.4. The van der Waals surface area contributed by atoms with Crippen molar-refractivity contribution in [1.82, 2.24) is 4.90 Å². The first-order valence-corrected chi connectivity index (χ1v) is 10.3. The summed E-state index contributed by atoms with van der Waals surface area (Å²) >= 11 is 0. The van der Waals surface area contributed by atoms with Crippen molar-refractivity contribution in [2.75, 3.05) is 13.1 Å². The van der Waals surface area contributed by atoms with Crippen LogP contribution in [0.2, 0.25) is 0 Å². The van der Waals surface area contributed by atoms with Crippen molar-refractivity contribution in [3.05, 3.63) is 96.6 Å². The number of fused-ring (bicyclic) bond motifs is 1. The minimum atomic E-state index is 0.149. The molecule has 1 aliphatic rings. The van der Waals surface area contributed by atoms with E-state index in [0.717, 1.165) is 59.0 Å². The number of carbonyl (C=O) groups is 1. The molecule has 0 aromatic heterocycles. The van der Waals surface area contributed by atoms with Crippen molar-refractivity contribution in [3.8, 4) is 22.3 Å². The third-order valence-corrected chi connectivity index (χ3v) is 5.83. The third-order valence-electron chi connectivity index (χ3n) is 5.83. The molecule has 1 heterocycles. The number of rotatable bonds is 3. The first-order chi connectivity index (χ1) is 14.3. The van der Waals surface area contributed by atoms with E-state index in [2.05, 4.69) is 66.7 Å². The van der Waals surface area contributed by atoms with E-state index in [9.17, 15) is 4.79 Å². The predicted octanol–water partition coefficient (Wildman–Crippen LogP) is 6.41. The van der Waals surface area contributed by atoms with Gasteiger partial charge in [0.05, 0.1) is 0 Å². The fraction of sp³-hybridized carbons (Fsp3) is 0.148. The van der Waals surface area contributed by atoms with E-state index in [4.69, 9.17) is 0 Å². The van der Waals surface area contributed by atoms with E-state index >= 15 is 0 Å². The number of hydrogen-bond acceptors (Lipinski definition) is 1. The van der Waals surface area contributed by atoms with Crippen LogP contribution in [-0.2, 0) is 0 Å². The summed E-state index contributed by atoms with van der Waals surface area (Å²) in [5.41, 5.74) is 5.39. The molecule has 0 spiro atoms. The highest BCUT2D eigenvalue weighted by molar-refractivity contribution is 6.15. The van der Waals surface area contributed by atoms with E-state index in [-0.39, 0.29) is 5.91 Å². The van der Waals surface area contributed by atoms with Crippen molar-refractivity contribution < 1.29 is 4.79 Å². The van der Waals surface area contributed by atoms with Crippen LogP contribution in [0.4, 0.5) is 0 Å². The summed E-state index contributed by atoms with van der Waals surface area (Å²) in [6.07, 6.45) is 2.19. The second kappa shape index (κ2) is 7.56. The molecular weight excluding hydrogens is 354 g/mol. The van der Waals surface area contributed by atoms with E-state index in [1.807, 2.05) is 29.2 Å². The smallest absolute Gasteiger partial charge is 0.254 e. The Balaban J connectivity index is 1.80. The Morgan fingerprint density at radius 3 is 1.86 bits per heavy atom. The Kier molecular flexibility index (Phi) is 4.61. The minimum Gasteiger partial charge on any atom is -0.339 e. The molecule has 0 bridgehead atoms. The van der Waals surface area contributed by atoms with Gasteiger partial charge in [0.1, 0.15) is 0 Å². The van der Waals surface area contributed by atoms with Crippen molar-refractivity contribution in [2.45, 2.75) is 12.8 Å². The molecule has 0 saturated carbocycles. The molecule has 1 fully saturated rings. The zero-order valence-electron chi connectivity index (χ0n) is 16.3. The highest BCUT2D eigenvalue weighted by atomic mass is 16.2. The fourth-order valence-corrected chi connectivity index (χ4v) is 4.40. The molecule has 2 heteroatoms. The van der Waals surface area contributed by atoms with Gasteiger partial charge in [0.15, 0.2) is 0 Å². The monoisotopic (exact) mass is 377 g/mol. The topological polar surface area (TPSA) is 20.3 Å². The maximum absolute atomic E-state index is 13.4. The van der Waals surface area contributed by atoms with Crippen LogP contribution >= 0.6 is 0 Å². The first-order valence-electron chi connectivity index (χ1n) is 10.3. The molecular formula is C27H23NO. The van der Waals surface area contributed by atoms with Crippen molar-refractivity contribution >= 4 is 16.7 Å². The van der Waals surface area contributed by atoms with Gasteiger partial charge in [-0.3, -0.25) is 4.79 Å². The second-order valence-electron chi connectivity index (χ2n) is 7.62. The molecule has 1 aliphatic heterocycles. The van der Waals surface area contributed by atoms with Gasteiger partial charge in [0, 0.05) is 24.0 Å². The number of benzene rings is 4. The van der Waals surface area contributed by atoms with Gasteiger partial charge in [0.25, 0.3) is 5.91 Å². The van der Waals surface area contributed by atoms with Gasteiger partial charge < -0.3 is 4.90 Å². The van der Waals surface area contributed by atoms with Crippen LogP contribution in [0.5, 0.6) is 0 Å². The molecule has 142 valence electrons. The quantitative estimate of drug-likeness (QED) is 0.404. The van der Waals surface area contributed by atoms with Gasteiger partial charge in [-0.25, -0.2) is 0 Å². The minimum absolute atomic E-state index is 0.149. The summed E-state index contributed by atoms with van der Waals surface area (Å²) in [6, 6.07) is 31.3. The van der Waals surface area contributed by atoms with Crippen LogP contribution in [0.15, 0.2) is 91.0 Å². The molecule has 1 amide bonds. The van der Waals surface area contributed by atoms with Gasteiger partial charge in [-0.05, 0) is 46.5 Å². The summed E-state index contributed by atoms with van der Waals surface area (Å²) in [5, 5.41) is 2.18. The number of nitrogens with zero attached hydrogens (tertiary/aromatic N) is 1. The van der Waals surface area contributed by atoms with E-state index in [1.165, 1.54) is 5.56 Å². The standard InChI is InChI=1S/C27H23NO/c29-27(28-18-7-8-19-28)25-15-9-14-24-22(20-10-3-1-4-11-20)16-17-23(26(24)25)21-12-5-2-6-13-21/h1-6,9-17H,7-8,18-19H2. The summed E-state index contributed by atoms with van der Waals surface area (Å²) in [7, 11) is 0. The summed E-state index contributed by atoms with van der Waals surface area (Å²) in [5.74, 6) is 0.149. The van der Waals surface area contributed by atoms with Gasteiger partial charge in [-0.1, -0.05) is 84.9 Å². The molecule has 5 rings (SSSR count). The Morgan fingerprint density at radius 1 is 0.621 bits per heavy atom. The van der Waals surface area contributed by atoms with Crippen LogP contribution in [0, 0.1) is 0 Å². The van der Waals surface area contributed by atoms with E-state index in [0.29, 0.717) is 0 Å². The lowest BCUT2D eigenvalue weighted by Crippen LogP contribution is -2.27. The van der Waals surface area contributed by atoms with E-state index < -0.39 is 0 Å². The third kappa shape index (κ3) is 3.21. The van der Waals surface area contributed by atoms with Crippen LogP contribution in [0.3, 0.4) is 0 Å². The highest BCUT2D eigenvalue weighted by Gasteiger charge is 2.23. The largest absolute Gasteiger partial charge is 0.339 e. The number of carbonyl (C=O) groups excluding carboxylic acids is 1. The Labute approximate surface area is 171 Å². The van der Waals surface area contributed by atoms with Crippen molar-refractivity contribution in [3.63, 3.8) is 0 Å². The van der Waals surface area contributed by atoms with Crippen LogP contribution in [0.1, 0.15) is 23.2 Å². The first kappa shape index (κ1) is 17.7. The van der Waals surface area contributed by atoms with E-state index in [1.54, 1.807) is 0 Å². The van der Waals surface area contributed by atoms with Gasteiger partial charge in [-0.2, -0.15) is 0 Å².